The second kappa shape index (κ2) is 6.84. The molecule has 0 radical (unpaired) electrons. The largest absolute Gasteiger partial charge is 0.384 e. The Morgan fingerprint density at radius 1 is 1.10 bits per heavy atom. The third-order valence-electron chi connectivity index (χ3n) is 5.70. The van der Waals surface area contributed by atoms with Gasteiger partial charge in [-0.15, -0.1) is 0 Å². The molecule has 4 rings (SSSR count). The lowest BCUT2D eigenvalue weighted by atomic mass is 9.99. The number of anilines is 1. The first kappa shape index (κ1) is 19.9. The lowest BCUT2D eigenvalue weighted by Crippen LogP contribution is -2.35. The number of sulfonamides is 1. The van der Waals surface area contributed by atoms with E-state index in [1.165, 1.54) is 35.7 Å². The molecule has 2 amide bonds. The number of hydrogen-bond acceptors (Lipinski definition) is 5. The van der Waals surface area contributed by atoms with Crippen LogP contribution in [0.3, 0.4) is 0 Å². The average molecular weight is 419 g/mol. The molecule has 2 aromatic rings. The fourth-order valence-corrected chi connectivity index (χ4v) is 5.32. The van der Waals surface area contributed by atoms with Gasteiger partial charge < -0.3 is 10.4 Å². The van der Waals surface area contributed by atoms with Crippen molar-refractivity contribution < 1.29 is 18.3 Å². The van der Waals surface area contributed by atoms with Crippen molar-refractivity contribution in [2.75, 3.05) is 5.32 Å². The van der Waals surface area contributed by atoms with E-state index in [0.29, 0.717) is 5.69 Å². The zero-order valence-corrected chi connectivity index (χ0v) is 17.7. The van der Waals surface area contributed by atoms with Gasteiger partial charge in [-0.3, -0.25) is 4.68 Å². The summed E-state index contributed by atoms with van der Waals surface area (Å²) in [5, 5.41) is 16.6. The van der Waals surface area contributed by atoms with Gasteiger partial charge in [0, 0.05) is 18.8 Å². The summed E-state index contributed by atoms with van der Waals surface area (Å²) < 4.78 is 28.7. The van der Waals surface area contributed by atoms with Gasteiger partial charge in [-0.1, -0.05) is 6.07 Å². The molecular weight excluding hydrogens is 392 g/mol. The Bertz CT molecular complexity index is 1060. The Morgan fingerprint density at radius 3 is 2.21 bits per heavy atom. The molecule has 0 aliphatic heterocycles. The number of fused-ring (bicyclic) bond motifs is 2. The Kier molecular flexibility index (Phi) is 4.70. The van der Waals surface area contributed by atoms with Crippen LogP contribution in [0.4, 0.5) is 10.5 Å². The minimum atomic E-state index is -4.17. The molecule has 0 unspecified atom stereocenters. The standard InChI is InChI=1S/C20H26N4O4S/c1-20(2,26)16-11-17(22-24(16)3)29(27,28)23-19(25)21-18-14-8-4-6-12(14)10-13-7-5-9-15(13)18/h10-11,26H,4-9H2,1-3H3,(H2,21,23,25). The number of rotatable bonds is 4. The summed E-state index contributed by atoms with van der Waals surface area (Å²) in [6.45, 7) is 3.08. The van der Waals surface area contributed by atoms with Crippen molar-refractivity contribution in [2.24, 2.45) is 7.05 Å². The van der Waals surface area contributed by atoms with Crippen LogP contribution in [0, 0.1) is 0 Å². The molecule has 0 saturated carbocycles. The summed E-state index contributed by atoms with van der Waals surface area (Å²) in [5.41, 5.74) is 4.60. The van der Waals surface area contributed by atoms with E-state index in [1.807, 2.05) is 0 Å². The second-order valence-electron chi connectivity index (χ2n) is 8.34. The minimum Gasteiger partial charge on any atom is -0.384 e. The molecule has 8 nitrogen and oxygen atoms in total. The summed E-state index contributed by atoms with van der Waals surface area (Å²) in [7, 11) is -2.63. The van der Waals surface area contributed by atoms with Crippen molar-refractivity contribution in [1.29, 1.82) is 0 Å². The molecule has 2 aliphatic carbocycles. The molecule has 29 heavy (non-hydrogen) atoms. The van der Waals surface area contributed by atoms with Gasteiger partial charge in [0.15, 0.2) is 5.03 Å². The molecule has 0 spiro atoms. The maximum Gasteiger partial charge on any atom is 0.333 e. The number of benzene rings is 1. The number of urea groups is 1. The monoisotopic (exact) mass is 418 g/mol. The molecule has 1 aromatic carbocycles. The van der Waals surface area contributed by atoms with Crippen molar-refractivity contribution in [3.8, 4) is 0 Å². The maximum absolute atomic E-state index is 12.7. The highest BCUT2D eigenvalue weighted by molar-refractivity contribution is 7.90. The molecule has 3 N–H and O–H groups in total. The molecular formula is C20H26N4O4S. The number of aryl methyl sites for hydroxylation is 3. The number of aliphatic hydroxyl groups is 1. The number of carbonyl (C=O) groups excluding carboxylic acids is 1. The third-order valence-corrected chi connectivity index (χ3v) is 6.90. The molecule has 0 bridgehead atoms. The van der Waals surface area contributed by atoms with E-state index >= 15 is 0 Å². The first-order valence-corrected chi connectivity index (χ1v) is 11.3. The SMILES string of the molecule is Cn1nc(S(=O)(=O)NC(=O)Nc2c3c(cc4c2CCC4)CCC3)cc1C(C)(C)O. The van der Waals surface area contributed by atoms with Crippen LogP contribution in [0.2, 0.25) is 0 Å². The van der Waals surface area contributed by atoms with Crippen molar-refractivity contribution in [2.45, 2.75) is 63.0 Å². The van der Waals surface area contributed by atoms with Crippen LogP contribution >= 0.6 is 0 Å². The van der Waals surface area contributed by atoms with Gasteiger partial charge in [0.05, 0.1) is 5.69 Å². The molecule has 0 atom stereocenters. The number of nitrogens with zero attached hydrogens (tertiary/aromatic N) is 2. The average Bonchev–Trinajstić information content (AvgIpc) is 3.31. The van der Waals surface area contributed by atoms with Crippen molar-refractivity contribution in [3.05, 3.63) is 40.1 Å². The van der Waals surface area contributed by atoms with Crippen LogP contribution in [-0.4, -0.2) is 29.3 Å². The molecule has 9 heteroatoms. The zero-order chi connectivity index (χ0) is 21.0. The van der Waals surface area contributed by atoms with Gasteiger partial charge in [0.2, 0.25) is 0 Å². The van der Waals surface area contributed by atoms with E-state index in [0.717, 1.165) is 55.3 Å². The van der Waals surface area contributed by atoms with E-state index in [1.54, 1.807) is 7.05 Å². The van der Waals surface area contributed by atoms with Crippen LogP contribution in [0.5, 0.6) is 0 Å². The Morgan fingerprint density at radius 2 is 1.69 bits per heavy atom. The Hall–Kier alpha value is -2.39. The van der Waals surface area contributed by atoms with Crippen LogP contribution in [0.25, 0.3) is 0 Å². The lowest BCUT2D eigenvalue weighted by molar-refractivity contribution is 0.0695. The first-order chi connectivity index (χ1) is 13.6. The van der Waals surface area contributed by atoms with Crippen LogP contribution in [0.15, 0.2) is 17.2 Å². The van der Waals surface area contributed by atoms with Gasteiger partial charge in [0.25, 0.3) is 10.0 Å². The molecule has 0 saturated heterocycles. The summed E-state index contributed by atoms with van der Waals surface area (Å²) in [6.07, 6.45) is 5.84. The van der Waals surface area contributed by atoms with Crippen molar-refractivity contribution in [1.82, 2.24) is 14.5 Å². The van der Waals surface area contributed by atoms with Gasteiger partial charge in [-0.05, 0) is 74.6 Å². The van der Waals surface area contributed by atoms with E-state index < -0.39 is 21.7 Å². The minimum absolute atomic E-state index is 0.309. The van der Waals surface area contributed by atoms with Crippen molar-refractivity contribution >= 4 is 21.7 Å². The number of aromatic nitrogens is 2. The zero-order valence-electron chi connectivity index (χ0n) is 16.9. The quantitative estimate of drug-likeness (QED) is 0.704. The van der Waals surface area contributed by atoms with Crippen LogP contribution < -0.4 is 10.0 Å². The molecule has 1 aromatic heterocycles. The number of nitrogens with one attached hydrogen (secondary N) is 2. The van der Waals surface area contributed by atoms with Gasteiger partial charge in [0.1, 0.15) is 5.60 Å². The third kappa shape index (κ3) is 3.64. The highest BCUT2D eigenvalue weighted by Crippen LogP contribution is 2.38. The van der Waals surface area contributed by atoms with E-state index in [4.69, 9.17) is 0 Å². The number of carbonyl (C=O) groups is 1. The van der Waals surface area contributed by atoms with Gasteiger partial charge in [-0.2, -0.15) is 13.5 Å². The van der Waals surface area contributed by atoms with Crippen molar-refractivity contribution in [3.63, 3.8) is 0 Å². The molecule has 0 fully saturated rings. The van der Waals surface area contributed by atoms with Crippen LogP contribution in [0.1, 0.15) is 54.6 Å². The summed E-state index contributed by atoms with van der Waals surface area (Å²) in [4.78, 5) is 12.6. The number of amides is 2. The van der Waals surface area contributed by atoms with E-state index in [9.17, 15) is 18.3 Å². The highest BCUT2D eigenvalue weighted by atomic mass is 32.2. The smallest absolute Gasteiger partial charge is 0.333 e. The first-order valence-electron chi connectivity index (χ1n) is 9.83. The lowest BCUT2D eigenvalue weighted by Gasteiger charge is -2.16. The van der Waals surface area contributed by atoms with E-state index in [2.05, 4.69) is 21.2 Å². The van der Waals surface area contributed by atoms with Gasteiger partial charge >= 0.3 is 6.03 Å². The topological polar surface area (TPSA) is 113 Å². The second-order valence-corrected chi connectivity index (χ2v) is 9.97. The normalized spacial score (nSPS) is 15.9. The van der Waals surface area contributed by atoms with E-state index in [-0.39, 0.29) is 5.03 Å². The fourth-order valence-electron chi connectivity index (χ4n) is 4.43. The van der Waals surface area contributed by atoms with Crippen LogP contribution in [-0.2, 0) is 48.4 Å². The Labute approximate surface area is 170 Å². The van der Waals surface area contributed by atoms with Gasteiger partial charge in [-0.25, -0.2) is 9.52 Å². The summed E-state index contributed by atoms with van der Waals surface area (Å²) >= 11 is 0. The molecule has 1 heterocycles. The predicted molar refractivity (Wildman–Crippen MR) is 108 cm³/mol. The predicted octanol–water partition coefficient (Wildman–Crippen LogP) is 2.14. The number of hydrogen-bond donors (Lipinski definition) is 3. The maximum atomic E-state index is 12.7. The molecule has 2 aliphatic rings. The summed E-state index contributed by atoms with van der Waals surface area (Å²) in [5.74, 6) is 0. The molecule has 156 valence electrons. The fraction of sp³-hybridized carbons (Fsp3) is 0.500. The highest BCUT2D eigenvalue weighted by Gasteiger charge is 2.29. The summed E-state index contributed by atoms with van der Waals surface area (Å²) in [6, 6.07) is 2.72. The Balaban J connectivity index is 1.58.